The minimum Gasteiger partial charge on any atom is -0.368 e. The number of amides is 1. The van der Waals surface area contributed by atoms with Crippen LogP contribution >= 0.6 is 0 Å². The van der Waals surface area contributed by atoms with E-state index in [1.165, 1.54) is 4.90 Å². The average Bonchev–Trinajstić information content (AvgIpc) is 2.24. The van der Waals surface area contributed by atoms with Crippen LogP contribution < -0.4 is 10.6 Å². The lowest BCUT2D eigenvalue weighted by Crippen LogP contribution is -2.65. The van der Waals surface area contributed by atoms with Crippen LogP contribution in [0.5, 0.6) is 0 Å². The molecule has 5 heteroatoms. The second-order valence-corrected chi connectivity index (χ2v) is 5.11. The van der Waals surface area contributed by atoms with Gasteiger partial charge in [0.15, 0.2) is 0 Å². The molecule has 0 aromatic carbocycles. The van der Waals surface area contributed by atoms with Crippen LogP contribution in [-0.4, -0.2) is 48.5 Å². The fourth-order valence-corrected chi connectivity index (χ4v) is 1.97. The van der Waals surface area contributed by atoms with Gasteiger partial charge in [0.1, 0.15) is 5.69 Å². The van der Waals surface area contributed by atoms with E-state index in [-0.39, 0.29) is 11.4 Å². The third kappa shape index (κ3) is 2.39. The van der Waals surface area contributed by atoms with Crippen molar-refractivity contribution >= 4 is 11.6 Å². The molecule has 0 spiro atoms. The SMILES string of the molecule is CN(C)C(=O)c1cc(N2CC(C)(N)C2)ccn1. The van der Waals surface area contributed by atoms with E-state index >= 15 is 0 Å². The van der Waals surface area contributed by atoms with Gasteiger partial charge >= 0.3 is 0 Å². The van der Waals surface area contributed by atoms with Gasteiger partial charge in [0.2, 0.25) is 0 Å². The summed E-state index contributed by atoms with van der Waals surface area (Å²) in [5.74, 6) is -0.0807. The molecule has 0 unspecified atom stereocenters. The lowest BCUT2D eigenvalue weighted by Gasteiger charge is -2.47. The van der Waals surface area contributed by atoms with E-state index in [1.54, 1.807) is 20.3 Å². The zero-order chi connectivity index (χ0) is 12.6. The van der Waals surface area contributed by atoms with Crippen molar-refractivity contribution in [2.45, 2.75) is 12.5 Å². The number of anilines is 1. The zero-order valence-electron chi connectivity index (χ0n) is 10.5. The minimum absolute atomic E-state index is 0.0807. The molecule has 5 nitrogen and oxygen atoms in total. The first-order valence-electron chi connectivity index (χ1n) is 5.61. The van der Waals surface area contributed by atoms with Gasteiger partial charge in [-0.25, -0.2) is 0 Å². The van der Waals surface area contributed by atoms with Crippen molar-refractivity contribution in [1.82, 2.24) is 9.88 Å². The number of nitrogens with zero attached hydrogens (tertiary/aromatic N) is 3. The topological polar surface area (TPSA) is 62.5 Å². The number of hydrogen-bond donors (Lipinski definition) is 1. The zero-order valence-corrected chi connectivity index (χ0v) is 10.5. The standard InChI is InChI=1S/C12H18N4O/c1-12(13)7-16(8-12)9-4-5-14-10(6-9)11(17)15(2)3/h4-6H,7-8,13H2,1-3H3. The van der Waals surface area contributed by atoms with Gasteiger partial charge in [-0.3, -0.25) is 9.78 Å². The molecule has 1 aromatic rings. The smallest absolute Gasteiger partial charge is 0.272 e. The Morgan fingerprint density at radius 3 is 2.71 bits per heavy atom. The molecular formula is C12H18N4O. The van der Waals surface area contributed by atoms with E-state index in [1.807, 2.05) is 19.1 Å². The van der Waals surface area contributed by atoms with Gasteiger partial charge in [0.25, 0.3) is 5.91 Å². The highest BCUT2D eigenvalue weighted by atomic mass is 16.2. The predicted molar refractivity (Wildman–Crippen MR) is 67.1 cm³/mol. The van der Waals surface area contributed by atoms with Crippen LogP contribution in [0.1, 0.15) is 17.4 Å². The maximum atomic E-state index is 11.8. The van der Waals surface area contributed by atoms with Gasteiger partial charge in [-0.2, -0.15) is 0 Å². The highest BCUT2D eigenvalue weighted by Gasteiger charge is 2.35. The van der Waals surface area contributed by atoms with Crippen LogP contribution in [0.15, 0.2) is 18.3 Å². The summed E-state index contributed by atoms with van der Waals surface area (Å²) in [6.45, 7) is 3.65. The molecule has 0 bridgehead atoms. The first-order chi connectivity index (χ1) is 7.89. The Balaban J connectivity index is 2.16. The summed E-state index contributed by atoms with van der Waals surface area (Å²) in [5, 5.41) is 0. The predicted octanol–water partition coefficient (Wildman–Crippen LogP) is 0.321. The Labute approximate surface area is 101 Å². The second-order valence-electron chi connectivity index (χ2n) is 5.11. The molecule has 92 valence electrons. The molecule has 17 heavy (non-hydrogen) atoms. The molecule has 0 aliphatic carbocycles. The highest BCUT2D eigenvalue weighted by Crippen LogP contribution is 2.25. The van der Waals surface area contributed by atoms with Gasteiger partial charge in [0, 0.05) is 44.6 Å². The van der Waals surface area contributed by atoms with Gasteiger partial charge in [-0.1, -0.05) is 0 Å². The summed E-state index contributed by atoms with van der Waals surface area (Å²) < 4.78 is 0. The molecule has 2 rings (SSSR count). The number of nitrogens with two attached hydrogens (primary N) is 1. The summed E-state index contributed by atoms with van der Waals surface area (Å²) in [6.07, 6.45) is 1.66. The van der Waals surface area contributed by atoms with Crippen molar-refractivity contribution in [3.63, 3.8) is 0 Å². The number of carbonyl (C=O) groups is 1. The third-order valence-corrected chi connectivity index (χ3v) is 2.84. The maximum absolute atomic E-state index is 11.8. The van der Waals surface area contributed by atoms with Gasteiger partial charge < -0.3 is 15.5 Å². The molecule has 1 amide bonds. The van der Waals surface area contributed by atoms with Crippen molar-refractivity contribution in [2.24, 2.45) is 5.73 Å². The lowest BCUT2D eigenvalue weighted by atomic mass is 9.93. The van der Waals surface area contributed by atoms with E-state index in [0.29, 0.717) is 5.69 Å². The fourth-order valence-electron chi connectivity index (χ4n) is 1.97. The van der Waals surface area contributed by atoms with Gasteiger partial charge in [-0.05, 0) is 19.1 Å². The molecule has 1 fully saturated rings. The summed E-state index contributed by atoms with van der Waals surface area (Å²) in [5.41, 5.74) is 7.32. The van der Waals surface area contributed by atoms with Crippen molar-refractivity contribution in [3.8, 4) is 0 Å². The van der Waals surface area contributed by atoms with Crippen LogP contribution in [0.25, 0.3) is 0 Å². The van der Waals surface area contributed by atoms with Crippen molar-refractivity contribution < 1.29 is 4.79 Å². The second kappa shape index (κ2) is 4.00. The lowest BCUT2D eigenvalue weighted by molar-refractivity contribution is 0.0822. The minimum atomic E-state index is -0.116. The van der Waals surface area contributed by atoms with Crippen molar-refractivity contribution in [3.05, 3.63) is 24.0 Å². The van der Waals surface area contributed by atoms with E-state index < -0.39 is 0 Å². The van der Waals surface area contributed by atoms with Crippen molar-refractivity contribution in [2.75, 3.05) is 32.1 Å². The Kier molecular flexibility index (Phi) is 2.79. The van der Waals surface area contributed by atoms with E-state index in [9.17, 15) is 4.79 Å². The summed E-state index contributed by atoms with van der Waals surface area (Å²) in [4.78, 5) is 19.5. The first kappa shape index (κ1) is 11.9. The molecule has 1 saturated heterocycles. The fraction of sp³-hybridized carbons (Fsp3) is 0.500. The highest BCUT2D eigenvalue weighted by molar-refractivity contribution is 5.92. The molecule has 0 atom stereocenters. The Bertz CT molecular complexity index is 434. The summed E-state index contributed by atoms with van der Waals surface area (Å²) in [7, 11) is 3.44. The van der Waals surface area contributed by atoms with Gasteiger partial charge in [0.05, 0.1) is 0 Å². The normalized spacial score (nSPS) is 17.5. The molecule has 1 aromatic heterocycles. The van der Waals surface area contributed by atoms with Crippen LogP contribution in [-0.2, 0) is 0 Å². The average molecular weight is 234 g/mol. The Morgan fingerprint density at radius 1 is 1.53 bits per heavy atom. The number of carbonyl (C=O) groups excluding carboxylic acids is 1. The molecular weight excluding hydrogens is 216 g/mol. The van der Waals surface area contributed by atoms with Crippen molar-refractivity contribution in [1.29, 1.82) is 0 Å². The number of pyridine rings is 1. The van der Waals surface area contributed by atoms with Crippen LogP contribution in [0.3, 0.4) is 0 Å². The number of rotatable bonds is 2. The van der Waals surface area contributed by atoms with Crippen LogP contribution in [0.2, 0.25) is 0 Å². The molecule has 0 saturated carbocycles. The summed E-state index contributed by atoms with van der Waals surface area (Å²) >= 11 is 0. The molecule has 2 N–H and O–H groups in total. The van der Waals surface area contributed by atoms with Crippen LogP contribution in [0.4, 0.5) is 5.69 Å². The third-order valence-electron chi connectivity index (χ3n) is 2.84. The molecule has 1 aliphatic heterocycles. The summed E-state index contributed by atoms with van der Waals surface area (Å²) in [6, 6.07) is 3.72. The van der Waals surface area contributed by atoms with Crippen LogP contribution in [0, 0.1) is 0 Å². The largest absolute Gasteiger partial charge is 0.368 e. The van der Waals surface area contributed by atoms with E-state index in [2.05, 4.69) is 9.88 Å². The first-order valence-corrected chi connectivity index (χ1v) is 5.61. The van der Waals surface area contributed by atoms with E-state index in [4.69, 9.17) is 5.73 Å². The molecule has 2 heterocycles. The maximum Gasteiger partial charge on any atom is 0.272 e. The molecule has 1 aliphatic rings. The quantitative estimate of drug-likeness (QED) is 0.800. The van der Waals surface area contributed by atoms with Gasteiger partial charge in [-0.15, -0.1) is 0 Å². The molecule has 0 radical (unpaired) electrons. The monoisotopic (exact) mass is 234 g/mol. The number of hydrogen-bond acceptors (Lipinski definition) is 4. The Hall–Kier alpha value is -1.62. The Morgan fingerprint density at radius 2 is 2.18 bits per heavy atom. The van der Waals surface area contributed by atoms with E-state index in [0.717, 1.165) is 18.8 Å². The number of aromatic nitrogens is 1.